The zero-order valence-corrected chi connectivity index (χ0v) is 22.7. The van der Waals surface area contributed by atoms with Crippen LogP contribution in [0, 0.1) is 5.82 Å². The van der Waals surface area contributed by atoms with Gasteiger partial charge in [-0.2, -0.15) is 13.2 Å². The Morgan fingerprint density at radius 3 is 2.67 bits per heavy atom. The monoisotopic (exact) mass is 575 g/mol. The summed E-state index contributed by atoms with van der Waals surface area (Å²) in [4.78, 5) is 37.9. The summed E-state index contributed by atoms with van der Waals surface area (Å²) in [5.74, 6) is -3.47. The van der Waals surface area contributed by atoms with E-state index < -0.39 is 35.9 Å². The maximum absolute atomic E-state index is 14.8. The molecule has 4 aromatic rings. The first-order valence-corrected chi connectivity index (χ1v) is 13.2. The number of alkyl halides is 3. The molecule has 0 fully saturated rings. The molecular weight excluding hydrogens is 550 g/mol. The molecule has 1 aliphatic rings. The number of nitrogens with one attached hydrogen (secondary N) is 1. The molecule has 0 radical (unpaired) electrons. The van der Waals surface area contributed by atoms with Crippen LogP contribution in [0.25, 0.3) is 20.4 Å². The zero-order chi connectivity index (χ0) is 28.8. The molecule has 3 aromatic heterocycles. The van der Waals surface area contributed by atoms with E-state index in [4.69, 9.17) is 9.72 Å². The highest BCUT2D eigenvalue weighted by Gasteiger charge is 2.44. The SMILES string of the molecule is CC(=O)CN(C(=O)C(F)(F)F)c1ccc(CCNc2ncnc3c2sc2nc4c(cc23)COC(C)(C)C4)cc1F. The summed E-state index contributed by atoms with van der Waals surface area (Å²) in [6.07, 6.45) is -2.78. The fourth-order valence-corrected chi connectivity index (χ4v) is 5.70. The van der Waals surface area contributed by atoms with E-state index in [9.17, 15) is 27.2 Å². The third-order valence-corrected chi connectivity index (χ3v) is 7.60. The van der Waals surface area contributed by atoms with Crippen LogP contribution < -0.4 is 10.2 Å². The minimum Gasteiger partial charge on any atom is -0.370 e. The lowest BCUT2D eigenvalue weighted by atomic mass is 9.95. The van der Waals surface area contributed by atoms with Gasteiger partial charge in [0.25, 0.3) is 0 Å². The van der Waals surface area contributed by atoms with Gasteiger partial charge >= 0.3 is 12.1 Å². The number of nitrogens with zero attached hydrogens (tertiary/aromatic N) is 4. The fourth-order valence-electron chi connectivity index (χ4n) is 4.60. The number of thiophene rings is 1. The van der Waals surface area contributed by atoms with Crippen molar-refractivity contribution in [1.82, 2.24) is 15.0 Å². The molecule has 40 heavy (non-hydrogen) atoms. The second-order valence-corrected chi connectivity index (χ2v) is 11.2. The first-order chi connectivity index (χ1) is 18.8. The topological polar surface area (TPSA) is 97.3 Å². The second-order valence-electron chi connectivity index (χ2n) is 10.2. The number of rotatable bonds is 7. The Morgan fingerprint density at radius 1 is 1.20 bits per heavy atom. The molecule has 1 N–H and O–H groups in total. The van der Waals surface area contributed by atoms with Gasteiger partial charge in [-0.05, 0) is 51.0 Å². The predicted molar refractivity (Wildman–Crippen MR) is 143 cm³/mol. The molecule has 0 spiro atoms. The minimum atomic E-state index is -5.25. The van der Waals surface area contributed by atoms with Gasteiger partial charge < -0.3 is 10.1 Å². The third kappa shape index (κ3) is 5.61. The van der Waals surface area contributed by atoms with Gasteiger partial charge in [0.05, 0.1) is 40.4 Å². The van der Waals surface area contributed by atoms with Crippen molar-refractivity contribution in [2.45, 2.75) is 52.0 Å². The lowest BCUT2D eigenvalue weighted by molar-refractivity contribution is -0.170. The number of anilines is 2. The number of hydrogen-bond donors (Lipinski definition) is 1. The molecule has 210 valence electrons. The molecule has 0 saturated carbocycles. The van der Waals surface area contributed by atoms with Crippen molar-refractivity contribution in [2.24, 2.45) is 0 Å². The van der Waals surface area contributed by atoms with Crippen molar-refractivity contribution in [1.29, 1.82) is 0 Å². The molecule has 0 atom stereocenters. The van der Waals surface area contributed by atoms with E-state index in [2.05, 4.69) is 21.4 Å². The van der Waals surface area contributed by atoms with Crippen LogP contribution in [0.2, 0.25) is 0 Å². The fraction of sp³-hybridized carbons (Fsp3) is 0.370. The number of carbonyl (C=O) groups excluding carboxylic acids is 2. The number of benzene rings is 1. The van der Waals surface area contributed by atoms with E-state index in [1.807, 2.05) is 13.8 Å². The molecule has 1 aliphatic heterocycles. The highest BCUT2D eigenvalue weighted by molar-refractivity contribution is 7.25. The van der Waals surface area contributed by atoms with Gasteiger partial charge in [0.15, 0.2) is 0 Å². The van der Waals surface area contributed by atoms with Gasteiger partial charge in [-0.15, -0.1) is 11.3 Å². The first-order valence-electron chi connectivity index (χ1n) is 12.4. The average Bonchev–Trinajstić information content (AvgIpc) is 3.23. The van der Waals surface area contributed by atoms with E-state index in [-0.39, 0.29) is 10.5 Å². The van der Waals surface area contributed by atoms with Gasteiger partial charge in [0.2, 0.25) is 0 Å². The normalized spacial score (nSPS) is 14.8. The van der Waals surface area contributed by atoms with Crippen LogP contribution in [-0.2, 0) is 33.8 Å². The Bertz CT molecular complexity index is 1640. The lowest BCUT2D eigenvalue weighted by Crippen LogP contribution is -2.44. The zero-order valence-electron chi connectivity index (χ0n) is 21.9. The smallest absolute Gasteiger partial charge is 0.370 e. The first kappa shape index (κ1) is 27.8. The number of aromatic nitrogens is 3. The molecule has 0 aliphatic carbocycles. The number of fused-ring (bicyclic) bond motifs is 4. The molecule has 4 heterocycles. The molecule has 13 heteroatoms. The number of carbonyl (C=O) groups is 2. The second kappa shape index (κ2) is 10.4. The summed E-state index contributed by atoms with van der Waals surface area (Å²) in [6.45, 7) is 5.01. The molecular formula is C27H25F4N5O3S. The Labute approximate surface area is 230 Å². The standard InChI is InChI=1S/C27H25F4N5O3S/c1-14(37)11-36(25(38)27(29,30)31)20-5-4-15(8-18(20)28)6-7-32-23-22-21(33-13-34-23)17-9-16-12-39-26(2,3)10-19(16)35-24(17)40-22/h4-5,8-9,13H,6-7,10-12H2,1-3H3,(H,32,33,34). The Balaban J connectivity index is 1.33. The van der Waals surface area contributed by atoms with Gasteiger partial charge in [-0.3, -0.25) is 14.5 Å². The molecule has 5 rings (SSSR count). The van der Waals surface area contributed by atoms with Crippen molar-refractivity contribution in [3.8, 4) is 0 Å². The van der Waals surface area contributed by atoms with E-state index in [0.717, 1.165) is 50.7 Å². The lowest BCUT2D eigenvalue weighted by Gasteiger charge is -2.30. The van der Waals surface area contributed by atoms with Crippen LogP contribution >= 0.6 is 11.3 Å². The third-order valence-electron chi connectivity index (χ3n) is 6.50. The van der Waals surface area contributed by atoms with Crippen LogP contribution in [0.15, 0.2) is 30.6 Å². The van der Waals surface area contributed by atoms with Crippen LogP contribution in [0.1, 0.15) is 37.6 Å². The van der Waals surface area contributed by atoms with Crippen molar-refractivity contribution in [3.05, 3.63) is 53.2 Å². The van der Waals surface area contributed by atoms with Crippen LogP contribution in [0.4, 0.5) is 29.1 Å². The van der Waals surface area contributed by atoms with Crippen molar-refractivity contribution < 1.29 is 31.9 Å². The number of ketones is 1. The minimum absolute atomic E-state index is 0.109. The van der Waals surface area contributed by atoms with Crippen LogP contribution in [0.3, 0.4) is 0 Å². The molecule has 0 saturated heterocycles. The molecule has 0 unspecified atom stereocenters. The maximum Gasteiger partial charge on any atom is 0.471 e. The number of hydrogen-bond acceptors (Lipinski definition) is 8. The average molecular weight is 576 g/mol. The predicted octanol–water partition coefficient (Wildman–Crippen LogP) is 5.37. The Morgan fingerprint density at radius 2 is 1.98 bits per heavy atom. The number of ether oxygens (including phenoxy) is 1. The molecule has 8 nitrogen and oxygen atoms in total. The van der Waals surface area contributed by atoms with Gasteiger partial charge in [0, 0.05) is 23.9 Å². The van der Waals surface area contributed by atoms with Crippen LogP contribution in [0.5, 0.6) is 0 Å². The Hall–Kier alpha value is -3.71. The Kier molecular flexibility index (Phi) is 7.21. The number of pyridine rings is 1. The van der Waals surface area contributed by atoms with Gasteiger partial charge in [0.1, 0.15) is 28.6 Å². The summed E-state index contributed by atoms with van der Waals surface area (Å²) in [6, 6.07) is 5.61. The van der Waals surface area contributed by atoms with Crippen molar-refractivity contribution in [2.75, 3.05) is 23.3 Å². The largest absolute Gasteiger partial charge is 0.471 e. The number of amides is 1. The van der Waals surface area contributed by atoms with Gasteiger partial charge in [-0.1, -0.05) is 6.07 Å². The highest BCUT2D eigenvalue weighted by Crippen LogP contribution is 2.38. The summed E-state index contributed by atoms with van der Waals surface area (Å²) >= 11 is 1.47. The maximum atomic E-state index is 14.8. The van der Waals surface area contributed by atoms with E-state index in [0.29, 0.717) is 37.4 Å². The molecule has 1 aromatic carbocycles. The van der Waals surface area contributed by atoms with E-state index in [1.54, 1.807) is 0 Å². The number of Topliss-reactive ketones (excluding diaryl/α,β-unsaturated/α-hetero) is 1. The summed E-state index contributed by atoms with van der Waals surface area (Å²) in [7, 11) is 0. The van der Waals surface area contributed by atoms with E-state index >= 15 is 0 Å². The van der Waals surface area contributed by atoms with Gasteiger partial charge in [-0.25, -0.2) is 19.3 Å². The summed E-state index contributed by atoms with van der Waals surface area (Å²) in [5, 5.41) is 4.14. The van der Waals surface area contributed by atoms with E-state index in [1.165, 1.54) is 23.7 Å². The number of halogens is 4. The summed E-state index contributed by atoms with van der Waals surface area (Å²) < 4.78 is 60.6. The van der Waals surface area contributed by atoms with Crippen molar-refractivity contribution in [3.63, 3.8) is 0 Å². The highest BCUT2D eigenvalue weighted by atomic mass is 32.1. The van der Waals surface area contributed by atoms with Crippen LogP contribution in [-0.4, -0.2) is 51.5 Å². The summed E-state index contributed by atoms with van der Waals surface area (Å²) in [5.41, 5.74) is 2.38. The molecule has 1 amide bonds. The quantitative estimate of drug-likeness (QED) is 0.296. The van der Waals surface area contributed by atoms with Crippen molar-refractivity contribution >= 4 is 55.0 Å². The molecule has 0 bridgehead atoms.